The molecule has 1 fully saturated rings. The van der Waals surface area contributed by atoms with Crippen molar-refractivity contribution < 1.29 is 87.3 Å². The van der Waals surface area contributed by atoms with Gasteiger partial charge in [-0.3, -0.25) is 0 Å². The third-order valence-corrected chi connectivity index (χ3v) is 2.86. The molecule has 0 saturated carbocycles. The lowest BCUT2D eigenvalue weighted by Gasteiger charge is -2.39. The number of aliphatic hydroxyl groups is 3. The molecule has 18 nitrogen and oxygen atoms in total. The van der Waals surface area contributed by atoms with Gasteiger partial charge in [0.1, 0.15) is 24.4 Å². The van der Waals surface area contributed by atoms with Crippen LogP contribution in [0, 0.1) is 0 Å². The van der Waals surface area contributed by atoms with Gasteiger partial charge in [-0.25, -0.2) is 13.7 Å². The second-order valence-electron chi connectivity index (χ2n) is 5.71. The van der Waals surface area contributed by atoms with E-state index in [0.717, 1.165) is 12.8 Å². The second-order valence-corrected chi connectivity index (χ2v) is 8.79. The van der Waals surface area contributed by atoms with Crippen LogP contribution < -0.4 is 0 Å². The van der Waals surface area contributed by atoms with E-state index in [1.54, 1.807) is 0 Å². The summed E-state index contributed by atoms with van der Waals surface area (Å²) in [6, 6.07) is 0. The number of unbranched alkanes of at least 4 members (excludes halogenated alkanes) is 1. The molecule has 1 saturated heterocycles. The van der Waals surface area contributed by atoms with Crippen molar-refractivity contribution in [3.05, 3.63) is 0 Å². The highest BCUT2D eigenvalue weighted by molar-refractivity contribution is 7.45. The zero-order valence-electron chi connectivity index (χ0n) is 16.9. The summed E-state index contributed by atoms with van der Waals surface area (Å²) in [6.45, 7) is 2.76. The zero-order chi connectivity index (χ0) is 26.3. The maximum Gasteiger partial charge on any atom is 0.466 e. The van der Waals surface area contributed by atoms with Gasteiger partial charge in [-0.1, -0.05) is 13.3 Å². The summed E-state index contributed by atoms with van der Waals surface area (Å²) in [4.78, 5) is 64.7. The Hall–Kier alpha value is 0.0900. The maximum absolute atomic E-state index is 9.77. The number of hydrogen-bond acceptors (Lipinski definition) is 9. The van der Waals surface area contributed by atoms with Crippen LogP contribution in [0.1, 0.15) is 19.8 Å². The molecular weight excluding hydrogens is 513 g/mol. The van der Waals surface area contributed by atoms with Gasteiger partial charge in [0.15, 0.2) is 6.29 Å². The van der Waals surface area contributed by atoms with Crippen molar-refractivity contribution >= 4 is 23.5 Å². The summed E-state index contributed by atoms with van der Waals surface area (Å²) in [5, 5.41) is 29.0. The van der Waals surface area contributed by atoms with Crippen LogP contribution in [0.5, 0.6) is 0 Å². The van der Waals surface area contributed by atoms with Crippen molar-refractivity contribution in [3.8, 4) is 0 Å². The van der Waals surface area contributed by atoms with E-state index in [2.05, 4.69) is 0 Å². The smallest absolute Gasteiger partial charge is 0.387 e. The van der Waals surface area contributed by atoms with E-state index >= 15 is 0 Å². The molecule has 0 amide bonds. The zero-order valence-corrected chi connectivity index (χ0v) is 19.6. The number of hydrogen-bond donors (Lipinski definition) is 12. The molecule has 5 atom stereocenters. The summed E-state index contributed by atoms with van der Waals surface area (Å²) in [5.74, 6) is 0. The summed E-state index contributed by atoms with van der Waals surface area (Å²) in [7, 11) is -12.6. The monoisotopic (exact) mass is 544 g/mol. The minimum atomic E-state index is -4.64. The molecule has 0 aromatic rings. The molecule has 12 N–H and O–H groups in total. The SMILES string of the molecule is CCCCOC[C@H]1O[C@H](O)[C@@H](OC)[C@@H](O)[C@@H]1O.O=P(O)(O)O.O=P(O)(O)O.O=P(O)(O)O. The predicted molar refractivity (Wildman–Crippen MR) is 102 cm³/mol. The first-order valence-electron chi connectivity index (χ1n) is 8.26. The summed E-state index contributed by atoms with van der Waals surface area (Å²) >= 11 is 0. The average molecular weight is 544 g/mol. The molecule has 0 aromatic carbocycles. The molecule has 21 heteroatoms. The largest absolute Gasteiger partial charge is 0.466 e. The summed E-state index contributed by atoms with van der Waals surface area (Å²) in [6.07, 6.45) is -3.27. The first-order valence-corrected chi connectivity index (χ1v) is 13.0. The molecule has 198 valence electrons. The Morgan fingerprint density at radius 3 is 1.47 bits per heavy atom. The predicted octanol–water partition coefficient (Wildman–Crippen LogP) is -3.53. The van der Waals surface area contributed by atoms with Crippen molar-refractivity contribution in [2.75, 3.05) is 20.3 Å². The van der Waals surface area contributed by atoms with Gasteiger partial charge >= 0.3 is 23.5 Å². The number of methoxy groups -OCH3 is 1. The Morgan fingerprint density at radius 1 is 0.781 bits per heavy atom. The van der Waals surface area contributed by atoms with Gasteiger partial charge in [0.05, 0.1) is 6.61 Å². The standard InChI is InChI=1S/C11H22O6.3H3O4P/c1-3-4-5-16-6-7-8(12)9(13)10(15-2)11(14)17-7;3*1-5(2,3)4/h7-14H,3-6H2,1-2H3;3*(H3,1,2,3,4)/t7-,8-,9+,10+,11+;;;/m1.../s1. The van der Waals surface area contributed by atoms with Gasteiger partial charge < -0.3 is 73.6 Å². The summed E-state index contributed by atoms with van der Waals surface area (Å²) in [5.41, 5.74) is 0. The fraction of sp³-hybridized carbons (Fsp3) is 1.00. The van der Waals surface area contributed by atoms with Gasteiger partial charge in [0.2, 0.25) is 0 Å². The van der Waals surface area contributed by atoms with Gasteiger partial charge in [-0.05, 0) is 6.42 Å². The second kappa shape index (κ2) is 17.5. The van der Waals surface area contributed by atoms with Gasteiger partial charge in [0, 0.05) is 13.7 Å². The van der Waals surface area contributed by atoms with E-state index in [4.69, 9.17) is 71.9 Å². The van der Waals surface area contributed by atoms with E-state index in [9.17, 15) is 15.3 Å². The molecule has 1 aliphatic heterocycles. The fourth-order valence-electron chi connectivity index (χ4n) is 1.76. The summed E-state index contributed by atoms with van der Waals surface area (Å²) < 4.78 is 41.9. The highest BCUT2D eigenvalue weighted by Gasteiger charge is 2.44. The number of aliphatic hydroxyl groups excluding tert-OH is 3. The number of phosphoric acid groups is 3. The van der Waals surface area contributed by atoms with E-state index in [1.165, 1.54) is 7.11 Å². The number of rotatable bonds is 6. The Kier molecular flexibility index (Phi) is 20.1. The van der Waals surface area contributed by atoms with E-state index < -0.39 is 54.2 Å². The van der Waals surface area contributed by atoms with Crippen LogP contribution in [0.15, 0.2) is 0 Å². The minimum Gasteiger partial charge on any atom is -0.387 e. The first kappa shape index (κ1) is 36.7. The Morgan fingerprint density at radius 2 is 1.16 bits per heavy atom. The third-order valence-electron chi connectivity index (χ3n) is 2.86. The molecule has 0 bridgehead atoms. The van der Waals surface area contributed by atoms with Crippen molar-refractivity contribution in [2.24, 2.45) is 0 Å². The Bertz CT molecular complexity index is 527. The van der Waals surface area contributed by atoms with Crippen LogP contribution in [0.2, 0.25) is 0 Å². The van der Waals surface area contributed by atoms with Crippen LogP contribution >= 0.6 is 23.5 Å². The van der Waals surface area contributed by atoms with Crippen molar-refractivity contribution in [1.82, 2.24) is 0 Å². The highest BCUT2D eigenvalue weighted by Crippen LogP contribution is 2.26. The van der Waals surface area contributed by atoms with E-state index in [-0.39, 0.29) is 6.61 Å². The quantitative estimate of drug-likeness (QED) is 0.114. The van der Waals surface area contributed by atoms with Crippen molar-refractivity contribution in [3.63, 3.8) is 0 Å². The maximum atomic E-state index is 9.77. The average Bonchev–Trinajstić information content (AvgIpc) is 2.52. The number of ether oxygens (including phenoxy) is 3. The normalized spacial score (nSPS) is 25.9. The van der Waals surface area contributed by atoms with Gasteiger partial charge in [-0.2, -0.15) is 0 Å². The van der Waals surface area contributed by atoms with E-state index in [1.807, 2.05) is 6.92 Å². The molecule has 1 aliphatic rings. The topological polar surface area (TPSA) is 322 Å². The molecular formula is C11H31O18P3. The lowest BCUT2D eigenvalue weighted by atomic mass is 9.99. The molecule has 1 heterocycles. The first-order chi connectivity index (χ1) is 14.1. The van der Waals surface area contributed by atoms with Crippen LogP contribution in [-0.4, -0.2) is 110 Å². The molecule has 0 aliphatic carbocycles. The lowest BCUT2D eigenvalue weighted by Crippen LogP contribution is -2.59. The molecule has 0 radical (unpaired) electrons. The van der Waals surface area contributed by atoms with Crippen LogP contribution in [0.4, 0.5) is 0 Å². The fourth-order valence-corrected chi connectivity index (χ4v) is 1.76. The van der Waals surface area contributed by atoms with E-state index in [0.29, 0.717) is 6.61 Å². The van der Waals surface area contributed by atoms with Crippen molar-refractivity contribution in [1.29, 1.82) is 0 Å². The molecule has 0 aromatic heterocycles. The minimum absolute atomic E-state index is 0.145. The highest BCUT2D eigenvalue weighted by atomic mass is 31.2. The molecule has 1 rings (SSSR count). The molecule has 0 unspecified atom stereocenters. The Labute approximate surface area is 182 Å². The van der Waals surface area contributed by atoms with Crippen LogP contribution in [0.25, 0.3) is 0 Å². The third kappa shape index (κ3) is 32.3. The van der Waals surface area contributed by atoms with Gasteiger partial charge in [0.25, 0.3) is 0 Å². The lowest BCUT2D eigenvalue weighted by molar-refractivity contribution is -0.293. The van der Waals surface area contributed by atoms with Crippen molar-refractivity contribution in [2.45, 2.75) is 50.5 Å². The Balaban J connectivity index is -0.000000458. The molecule has 0 spiro atoms. The van der Waals surface area contributed by atoms with Gasteiger partial charge in [-0.15, -0.1) is 0 Å². The van der Waals surface area contributed by atoms with Crippen LogP contribution in [0.3, 0.4) is 0 Å². The van der Waals surface area contributed by atoms with Crippen LogP contribution in [-0.2, 0) is 27.9 Å². The molecule has 32 heavy (non-hydrogen) atoms.